The molecule has 2 aromatic rings. The van der Waals surface area contributed by atoms with Crippen molar-refractivity contribution in [2.45, 2.75) is 13.0 Å². The van der Waals surface area contributed by atoms with Crippen LogP contribution in [0.15, 0.2) is 36.4 Å². The molecule has 28 heavy (non-hydrogen) atoms. The van der Waals surface area contributed by atoms with E-state index in [1.807, 2.05) is 0 Å². The number of hydrogen-bond acceptors (Lipinski definition) is 6. The lowest BCUT2D eigenvalue weighted by molar-refractivity contribution is -0.118. The lowest BCUT2D eigenvalue weighted by Crippen LogP contribution is -2.32. The first-order chi connectivity index (χ1) is 13.3. The summed E-state index contributed by atoms with van der Waals surface area (Å²) in [6.07, 6.45) is -0.241. The Morgan fingerprint density at radius 2 is 1.89 bits per heavy atom. The van der Waals surface area contributed by atoms with Crippen molar-refractivity contribution < 1.29 is 27.2 Å². The summed E-state index contributed by atoms with van der Waals surface area (Å²) >= 11 is 6.22. The van der Waals surface area contributed by atoms with Crippen LogP contribution in [-0.2, 0) is 26.9 Å². The van der Waals surface area contributed by atoms with Crippen molar-refractivity contribution in [2.24, 2.45) is 0 Å². The summed E-state index contributed by atoms with van der Waals surface area (Å²) < 4.78 is 40.7. The Bertz CT molecular complexity index is 898. The second kappa shape index (κ2) is 10.3. The fraction of sp³-hybridized carbons (Fsp3) is 0.278. The lowest BCUT2D eigenvalue weighted by Gasteiger charge is -2.26. The van der Waals surface area contributed by atoms with Gasteiger partial charge in [-0.2, -0.15) is 0 Å². The normalized spacial score (nSPS) is 10.8. The van der Waals surface area contributed by atoms with Crippen molar-refractivity contribution in [3.8, 4) is 5.75 Å². The zero-order valence-electron chi connectivity index (χ0n) is 15.3. The van der Waals surface area contributed by atoms with E-state index in [-0.39, 0.29) is 35.1 Å². The van der Waals surface area contributed by atoms with E-state index in [2.05, 4.69) is 5.48 Å². The maximum absolute atomic E-state index is 13.8. The molecule has 0 aliphatic heterocycles. The minimum Gasteiger partial charge on any atom is -0.497 e. The van der Waals surface area contributed by atoms with E-state index in [9.17, 15) is 17.6 Å². The number of nitrogens with zero attached hydrogens (tertiary/aromatic N) is 1. The van der Waals surface area contributed by atoms with Crippen molar-refractivity contribution >= 4 is 39.6 Å². The Morgan fingerprint density at radius 3 is 2.46 bits per heavy atom. The molecule has 0 saturated heterocycles. The zero-order chi connectivity index (χ0) is 20.7. The number of benzene rings is 2. The predicted molar refractivity (Wildman–Crippen MR) is 106 cm³/mol. The van der Waals surface area contributed by atoms with Crippen LogP contribution < -0.4 is 15.1 Å². The third-order valence-corrected chi connectivity index (χ3v) is 4.70. The van der Waals surface area contributed by atoms with E-state index >= 15 is 0 Å². The highest BCUT2D eigenvalue weighted by atomic mass is 35.5. The SMILES string of the molecule is CONc1cc(F)cc(Cl)c1N(Cc1ccc(OC)cc1)C(=O)CC[SH](=O)=O. The Hall–Kier alpha value is -2.36. The Kier molecular flexibility index (Phi) is 8.04. The number of halogens is 2. The van der Waals surface area contributed by atoms with Crippen LogP contribution in [0.3, 0.4) is 0 Å². The molecule has 0 fully saturated rings. The number of hydrogen-bond donors (Lipinski definition) is 2. The van der Waals surface area contributed by atoms with E-state index in [1.54, 1.807) is 24.3 Å². The van der Waals surface area contributed by atoms with Crippen molar-refractivity contribution in [2.75, 3.05) is 30.4 Å². The Labute approximate surface area is 168 Å². The number of carbonyl (C=O) groups is 1. The van der Waals surface area contributed by atoms with Gasteiger partial charge in [0.05, 0.1) is 42.9 Å². The molecule has 0 aliphatic rings. The van der Waals surface area contributed by atoms with Crippen molar-refractivity contribution in [3.05, 3.63) is 52.8 Å². The van der Waals surface area contributed by atoms with Crippen molar-refractivity contribution in [3.63, 3.8) is 0 Å². The average Bonchev–Trinajstić information content (AvgIpc) is 2.65. The molecule has 0 radical (unpaired) electrons. The fourth-order valence-corrected chi connectivity index (χ4v) is 3.24. The van der Waals surface area contributed by atoms with E-state index in [0.29, 0.717) is 5.75 Å². The predicted octanol–water partition coefficient (Wildman–Crippen LogP) is 3.00. The number of methoxy groups -OCH3 is 1. The molecule has 152 valence electrons. The van der Waals surface area contributed by atoms with Gasteiger partial charge in [-0.3, -0.25) is 15.1 Å². The average molecular weight is 431 g/mol. The molecule has 0 aliphatic carbocycles. The van der Waals surface area contributed by atoms with Crippen molar-refractivity contribution in [1.82, 2.24) is 0 Å². The van der Waals surface area contributed by atoms with Gasteiger partial charge in [-0.1, -0.05) is 23.7 Å². The van der Waals surface area contributed by atoms with E-state index < -0.39 is 22.4 Å². The summed E-state index contributed by atoms with van der Waals surface area (Å²) in [4.78, 5) is 18.9. The zero-order valence-corrected chi connectivity index (χ0v) is 16.9. The molecule has 0 spiro atoms. The van der Waals surface area contributed by atoms with Crippen LogP contribution in [-0.4, -0.2) is 34.3 Å². The van der Waals surface area contributed by atoms with Gasteiger partial charge in [0.25, 0.3) is 0 Å². The van der Waals surface area contributed by atoms with Gasteiger partial charge in [0, 0.05) is 12.5 Å². The summed E-state index contributed by atoms with van der Waals surface area (Å²) in [7, 11) is 0.154. The molecule has 0 heterocycles. The van der Waals surface area contributed by atoms with Gasteiger partial charge in [-0.25, -0.2) is 12.8 Å². The maximum Gasteiger partial charge on any atom is 0.228 e. The van der Waals surface area contributed by atoms with Crippen LogP contribution in [0.4, 0.5) is 15.8 Å². The van der Waals surface area contributed by atoms with Crippen LogP contribution in [0.25, 0.3) is 0 Å². The molecule has 2 aromatic carbocycles. The van der Waals surface area contributed by atoms with E-state index in [1.165, 1.54) is 19.1 Å². The number of amides is 1. The molecular weight excluding hydrogens is 411 g/mol. The van der Waals surface area contributed by atoms with Gasteiger partial charge in [0.2, 0.25) is 5.91 Å². The van der Waals surface area contributed by atoms with Crippen LogP contribution in [0.1, 0.15) is 12.0 Å². The fourth-order valence-electron chi connectivity index (χ4n) is 2.56. The topological polar surface area (TPSA) is 84.9 Å². The minimum absolute atomic E-state index is 0.0204. The van der Waals surface area contributed by atoms with Gasteiger partial charge in [-0.15, -0.1) is 0 Å². The first-order valence-corrected chi connectivity index (χ1v) is 9.93. The third-order valence-electron chi connectivity index (χ3n) is 3.82. The second-order valence-electron chi connectivity index (χ2n) is 5.72. The molecule has 0 aromatic heterocycles. The molecule has 1 amide bonds. The molecule has 0 atom stereocenters. The van der Waals surface area contributed by atoms with Crippen LogP contribution in [0.2, 0.25) is 5.02 Å². The third kappa shape index (κ3) is 5.82. The highest BCUT2D eigenvalue weighted by Crippen LogP contribution is 2.36. The number of ether oxygens (including phenoxy) is 1. The van der Waals surface area contributed by atoms with Crippen LogP contribution in [0, 0.1) is 5.82 Å². The summed E-state index contributed by atoms with van der Waals surface area (Å²) in [6, 6.07) is 9.18. The molecular formula is C18H20ClFN2O5S. The maximum atomic E-state index is 13.8. The summed E-state index contributed by atoms with van der Waals surface area (Å²) in [5, 5.41) is -0.0204. The monoisotopic (exact) mass is 430 g/mol. The molecule has 7 nitrogen and oxygen atoms in total. The van der Waals surface area contributed by atoms with Crippen LogP contribution >= 0.6 is 11.6 Å². The summed E-state index contributed by atoms with van der Waals surface area (Å²) in [5.74, 6) is -0.763. The quantitative estimate of drug-likeness (QED) is 0.470. The molecule has 1 N–H and O–H groups in total. The molecule has 10 heteroatoms. The first kappa shape index (κ1) is 21.9. The smallest absolute Gasteiger partial charge is 0.228 e. The Balaban J connectivity index is 2.46. The first-order valence-electron chi connectivity index (χ1n) is 8.18. The minimum atomic E-state index is -2.72. The molecule has 2 rings (SSSR count). The van der Waals surface area contributed by atoms with Gasteiger partial charge in [0.1, 0.15) is 22.3 Å². The molecule has 0 unspecified atom stereocenters. The van der Waals surface area contributed by atoms with Crippen molar-refractivity contribution in [1.29, 1.82) is 0 Å². The van der Waals surface area contributed by atoms with E-state index in [0.717, 1.165) is 17.7 Å². The van der Waals surface area contributed by atoms with Gasteiger partial charge < -0.3 is 9.64 Å². The number of rotatable bonds is 9. The molecule has 0 saturated carbocycles. The van der Waals surface area contributed by atoms with Gasteiger partial charge in [-0.05, 0) is 23.8 Å². The number of thiol groups is 1. The lowest BCUT2D eigenvalue weighted by atomic mass is 10.1. The number of nitrogens with one attached hydrogen (secondary N) is 1. The van der Waals surface area contributed by atoms with Gasteiger partial charge in [0.15, 0.2) is 0 Å². The molecule has 0 bridgehead atoms. The summed E-state index contributed by atoms with van der Waals surface area (Å²) in [6.45, 7) is 0.0855. The Morgan fingerprint density at radius 1 is 1.21 bits per heavy atom. The van der Waals surface area contributed by atoms with E-state index in [4.69, 9.17) is 21.2 Å². The highest BCUT2D eigenvalue weighted by molar-refractivity contribution is 7.72. The largest absolute Gasteiger partial charge is 0.497 e. The van der Waals surface area contributed by atoms with Gasteiger partial charge >= 0.3 is 0 Å². The standard InChI is InChI=1S/C18H20ClFN2O5S/c1-26-14-5-3-12(4-6-14)11-22(17(23)7-8-28(24)25)18-15(19)9-13(20)10-16(18)21-27-2/h3-6,9-10,21,28H,7-8,11H2,1-2H3. The number of anilines is 2. The highest BCUT2D eigenvalue weighted by Gasteiger charge is 2.23. The second-order valence-corrected chi connectivity index (χ2v) is 7.24. The van der Waals surface area contributed by atoms with Crippen LogP contribution in [0.5, 0.6) is 5.75 Å². The number of carbonyl (C=O) groups excluding carboxylic acids is 1. The summed E-state index contributed by atoms with van der Waals surface area (Å²) in [5.41, 5.74) is 3.57.